The highest BCUT2D eigenvalue weighted by molar-refractivity contribution is 5.17. The van der Waals surface area contributed by atoms with Crippen molar-refractivity contribution in [3.63, 3.8) is 0 Å². The molecule has 0 aromatic carbocycles. The molecular weight excluding hydrogens is 86.1 g/mol. The Labute approximate surface area is 43.7 Å². The van der Waals surface area contributed by atoms with E-state index in [1.165, 1.54) is 5.70 Å². The van der Waals surface area contributed by atoms with E-state index in [2.05, 4.69) is 18.0 Å². The molecule has 1 nitrogen and oxygen atoms in total. The third kappa shape index (κ3) is 0.829. The molecule has 1 heteroatoms. The van der Waals surface area contributed by atoms with Crippen molar-refractivity contribution in [2.45, 2.75) is 13.3 Å². The zero-order valence-electron chi connectivity index (χ0n) is 4.49. The van der Waals surface area contributed by atoms with Gasteiger partial charge < -0.3 is 5.32 Å². The summed E-state index contributed by atoms with van der Waals surface area (Å²) in [6.07, 6.45) is 3.13. The first-order chi connectivity index (χ1) is 3.29. The van der Waals surface area contributed by atoms with Crippen LogP contribution in [0.3, 0.4) is 0 Å². The predicted octanol–water partition coefficient (Wildman–Crippen LogP) is 1.40. The summed E-state index contributed by atoms with van der Waals surface area (Å²) in [4.78, 5) is 0. The third-order valence-corrected chi connectivity index (χ3v) is 1.03. The summed E-state index contributed by atoms with van der Waals surface area (Å²) in [7, 11) is 0. The van der Waals surface area contributed by atoms with Gasteiger partial charge in [0, 0.05) is 17.8 Å². The topological polar surface area (TPSA) is 12.0 Å². The zero-order chi connectivity index (χ0) is 5.28. The maximum atomic E-state index is 3.74. The van der Waals surface area contributed by atoms with Crippen molar-refractivity contribution >= 4 is 0 Å². The summed E-state index contributed by atoms with van der Waals surface area (Å²) in [6.45, 7) is 5.78. The zero-order valence-corrected chi connectivity index (χ0v) is 4.49. The Kier molecular flexibility index (Phi) is 0.895. The van der Waals surface area contributed by atoms with Crippen LogP contribution in [0.1, 0.15) is 13.3 Å². The molecule has 1 rings (SSSR count). The van der Waals surface area contributed by atoms with Crippen LogP contribution in [0.15, 0.2) is 24.0 Å². The molecule has 0 atom stereocenters. The number of rotatable bonds is 0. The second kappa shape index (κ2) is 1.41. The van der Waals surface area contributed by atoms with E-state index in [0.29, 0.717) is 0 Å². The van der Waals surface area contributed by atoms with Crippen molar-refractivity contribution in [3.8, 4) is 0 Å². The molecule has 1 aliphatic rings. The fourth-order valence-corrected chi connectivity index (χ4v) is 0.657. The fraction of sp³-hybridized carbons (Fsp3) is 0.333. The van der Waals surface area contributed by atoms with E-state index >= 15 is 0 Å². The van der Waals surface area contributed by atoms with Crippen LogP contribution in [0.4, 0.5) is 0 Å². The molecule has 0 amide bonds. The van der Waals surface area contributed by atoms with Crippen LogP contribution in [-0.4, -0.2) is 0 Å². The average molecular weight is 95.1 g/mol. The summed E-state index contributed by atoms with van der Waals surface area (Å²) in [5, 5.41) is 3.08. The molecule has 0 saturated heterocycles. The number of hydrogen-bond acceptors (Lipinski definition) is 1. The molecule has 1 heterocycles. The molecule has 0 unspecified atom stereocenters. The van der Waals surface area contributed by atoms with Gasteiger partial charge in [0.25, 0.3) is 0 Å². The van der Waals surface area contributed by atoms with Gasteiger partial charge in [-0.05, 0) is 6.92 Å². The normalized spacial score (nSPS) is 19.0. The van der Waals surface area contributed by atoms with Crippen LogP contribution in [0.25, 0.3) is 0 Å². The molecule has 0 aromatic heterocycles. The van der Waals surface area contributed by atoms with Gasteiger partial charge in [0.15, 0.2) is 0 Å². The molecule has 0 radical (unpaired) electrons. The SMILES string of the molecule is C=C1CC=C(C)N1. The molecule has 1 N–H and O–H groups in total. The second-order valence-electron chi connectivity index (χ2n) is 1.82. The standard InChI is InChI=1S/C6H9N/c1-5-3-4-6(2)7-5/h4,7H,1,3H2,2H3. The minimum Gasteiger partial charge on any atom is -0.363 e. The molecule has 0 bridgehead atoms. The maximum Gasteiger partial charge on any atom is 0.0114 e. The Hall–Kier alpha value is -0.720. The van der Waals surface area contributed by atoms with Crippen LogP contribution in [0, 0.1) is 0 Å². The van der Waals surface area contributed by atoms with Crippen molar-refractivity contribution in [2.75, 3.05) is 0 Å². The Balaban J connectivity index is 2.58. The van der Waals surface area contributed by atoms with E-state index in [1.807, 2.05) is 6.92 Å². The minimum absolute atomic E-state index is 1.01. The van der Waals surface area contributed by atoms with Gasteiger partial charge >= 0.3 is 0 Å². The first-order valence-corrected chi connectivity index (χ1v) is 2.40. The molecule has 0 fully saturated rings. The van der Waals surface area contributed by atoms with Crippen LogP contribution in [0.2, 0.25) is 0 Å². The molecule has 0 spiro atoms. The van der Waals surface area contributed by atoms with Gasteiger partial charge in [-0.1, -0.05) is 12.7 Å². The molecule has 0 saturated carbocycles. The van der Waals surface area contributed by atoms with E-state index in [9.17, 15) is 0 Å². The number of hydrogen-bond donors (Lipinski definition) is 1. The Morgan fingerprint density at radius 1 is 1.86 bits per heavy atom. The van der Waals surface area contributed by atoms with Gasteiger partial charge in [0.2, 0.25) is 0 Å². The molecule has 38 valence electrons. The highest BCUT2D eigenvalue weighted by atomic mass is 14.9. The van der Waals surface area contributed by atoms with E-state index in [4.69, 9.17) is 0 Å². The van der Waals surface area contributed by atoms with Crippen LogP contribution in [0.5, 0.6) is 0 Å². The lowest BCUT2D eigenvalue weighted by Crippen LogP contribution is -2.00. The van der Waals surface area contributed by atoms with Crippen LogP contribution in [-0.2, 0) is 0 Å². The van der Waals surface area contributed by atoms with Crippen molar-refractivity contribution in [1.82, 2.24) is 5.32 Å². The largest absolute Gasteiger partial charge is 0.363 e. The lowest BCUT2D eigenvalue weighted by Gasteiger charge is -1.93. The highest BCUT2D eigenvalue weighted by Gasteiger charge is 1.98. The van der Waals surface area contributed by atoms with Gasteiger partial charge in [-0.25, -0.2) is 0 Å². The maximum absolute atomic E-state index is 3.74. The summed E-state index contributed by atoms with van der Waals surface area (Å²) in [5.41, 5.74) is 2.34. The fourth-order valence-electron chi connectivity index (χ4n) is 0.657. The van der Waals surface area contributed by atoms with Gasteiger partial charge in [0.1, 0.15) is 0 Å². The summed E-state index contributed by atoms with van der Waals surface area (Å²) < 4.78 is 0. The van der Waals surface area contributed by atoms with Crippen molar-refractivity contribution in [2.24, 2.45) is 0 Å². The summed E-state index contributed by atoms with van der Waals surface area (Å²) >= 11 is 0. The average Bonchev–Trinajstić information content (AvgIpc) is 1.87. The van der Waals surface area contributed by atoms with E-state index in [-0.39, 0.29) is 0 Å². The van der Waals surface area contributed by atoms with Crippen LogP contribution < -0.4 is 5.32 Å². The first-order valence-electron chi connectivity index (χ1n) is 2.40. The number of nitrogens with one attached hydrogen (secondary N) is 1. The van der Waals surface area contributed by atoms with Crippen LogP contribution >= 0.6 is 0 Å². The smallest absolute Gasteiger partial charge is 0.0114 e. The Bertz CT molecular complexity index is 122. The lowest BCUT2D eigenvalue weighted by atomic mass is 10.4. The Morgan fingerprint density at radius 2 is 2.57 bits per heavy atom. The number of allylic oxidation sites excluding steroid dienone is 2. The van der Waals surface area contributed by atoms with E-state index in [0.717, 1.165) is 12.1 Å². The summed E-state index contributed by atoms with van der Waals surface area (Å²) in [5.74, 6) is 0. The van der Waals surface area contributed by atoms with Gasteiger partial charge in [-0.2, -0.15) is 0 Å². The van der Waals surface area contributed by atoms with Crippen molar-refractivity contribution in [3.05, 3.63) is 24.0 Å². The van der Waals surface area contributed by atoms with Gasteiger partial charge in [-0.15, -0.1) is 0 Å². The quantitative estimate of drug-likeness (QED) is 0.479. The van der Waals surface area contributed by atoms with Crippen molar-refractivity contribution < 1.29 is 0 Å². The first kappa shape index (κ1) is 4.44. The second-order valence-corrected chi connectivity index (χ2v) is 1.82. The van der Waals surface area contributed by atoms with E-state index in [1.54, 1.807) is 0 Å². The molecule has 7 heavy (non-hydrogen) atoms. The molecule has 0 aromatic rings. The molecule has 0 aliphatic carbocycles. The highest BCUT2D eigenvalue weighted by Crippen LogP contribution is 2.07. The minimum atomic E-state index is 1.01. The third-order valence-electron chi connectivity index (χ3n) is 1.03. The summed E-state index contributed by atoms with van der Waals surface area (Å²) in [6, 6.07) is 0. The lowest BCUT2D eigenvalue weighted by molar-refractivity contribution is 1.01. The molecular formula is C6H9N. The van der Waals surface area contributed by atoms with E-state index < -0.39 is 0 Å². The monoisotopic (exact) mass is 95.1 g/mol. The van der Waals surface area contributed by atoms with Gasteiger partial charge in [0.05, 0.1) is 0 Å². The Morgan fingerprint density at radius 3 is 2.71 bits per heavy atom. The van der Waals surface area contributed by atoms with Gasteiger partial charge in [-0.3, -0.25) is 0 Å². The predicted molar refractivity (Wildman–Crippen MR) is 30.6 cm³/mol. The van der Waals surface area contributed by atoms with Crippen molar-refractivity contribution in [1.29, 1.82) is 0 Å². The molecule has 1 aliphatic heterocycles.